The number of aromatic nitrogens is 4. The second kappa shape index (κ2) is 5.62. The number of benzene rings is 2. The van der Waals surface area contributed by atoms with Gasteiger partial charge in [0.15, 0.2) is 0 Å². The summed E-state index contributed by atoms with van der Waals surface area (Å²) in [6, 6.07) is 17.2. The van der Waals surface area contributed by atoms with Gasteiger partial charge in [-0.3, -0.25) is 4.79 Å². The molecule has 7 heteroatoms. The first-order valence-corrected chi connectivity index (χ1v) is 7.74. The van der Waals surface area contributed by atoms with Crippen molar-refractivity contribution in [3.8, 4) is 5.69 Å². The summed E-state index contributed by atoms with van der Waals surface area (Å²) >= 11 is 1.48. The van der Waals surface area contributed by atoms with Gasteiger partial charge in [0.25, 0.3) is 5.91 Å². The predicted molar refractivity (Wildman–Crippen MR) is 88.9 cm³/mol. The Balaban J connectivity index is 1.54. The predicted octanol–water partition coefficient (Wildman–Crippen LogP) is 3.13. The van der Waals surface area contributed by atoms with E-state index >= 15 is 0 Å². The van der Waals surface area contributed by atoms with Gasteiger partial charge in [0, 0.05) is 10.4 Å². The second-order valence-electron chi connectivity index (χ2n) is 4.90. The summed E-state index contributed by atoms with van der Waals surface area (Å²) in [6.07, 6.45) is 1.52. The second-order valence-corrected chi connectivity index (χ2v) is 5.99. The zero-order valence-electron chi connectivity index (χ0n) is 11.9. The molecule has 0 radical (unpaired) electrons. The van der Waals surface area contributed by atoms with Crippen molar-refractivity contribution in [2.45, 2.75) is 0 Å². The first kappa shape index (κ1) is 13.6. The summed E-state index contributed by atoms with van der Waals surface area (Å²) in [4.78, 5) is 13.0. The minimum atomic E-state index is -0.110. The summed E-state index contributed by atoms with van der Waals surface area (Å²) in [5.74, 6) is -0.110. The van der Waals surface area contributed by atoms with Crippen LogP contribution < -0.4 is 5.32 Å². The summed E-state index contributed by atoms with van der Waals surface area (Å²) in [6.45, 7) is 0. The van der Waals surface area contributed by atoms with E-state index in [1.54, 1.807) is 4.68 Å². The van der Waals surface area contributed by atoms with Crippen molar-refractivity contribution >= 4 is 33.0 Å². The molecule has 4 aromatic rings. The minimum Gasteiger partial charge on any atom is -0.321 e. The topological polar surface area (TPSA) is 72.7 Å². The lowest BCUT2D eigenvalue weighted by atomic mass is 10.2. The Bertz CT molecular complexity index is 927. The molecule has 0 bridgehead atoms. The Morgan fingerprint density at radius 3 is 2.65 bits per heavy atom. The number of fused-ring (bicyclic) bond motifs is 1. The molecule has 0 aliphatic rings. The molecule has 0 aliphatic heterocycles. The first-order chi connectivity index (χ1) is 11.3. The van der Waals surface area contributed by atoms with Crippen LogP contribution in [0.4, 0.5) is 5.69 Å². The number of anilines is 1. The zero-order valence-corrected chi connectivity index (χ0v) is 12.7. The maximum atomic E-state index is 12.4. The van der Waals surface area contributed by atoms with Crippen molar-refractivity contribution in [1.82, 2.24) is 20.2 Å². The van der Waals surface area contributed by atoms with Crippen LogP contribution in [-0.4, -0.2) is 26.1 Å². The van der Waals surface area contributed by atoms with E-state index in [4.69, 9.17) is 0 Å². The number of amides is 1. The largest absolute Gasteiger partial charge is 0.321 e. The minimum absolute atomic E-state index is 0.110. The Kier molecular flexibility index (Phi) is 3.32. The van der Waals surface area contributed by atoms with Crippen molar-refractivity contribution in [2.24, 2.45) is 0 Å². The fourth-order valence-corrected chi connectivity index (χ4v) is 3.22. The molecule has 2 aromatic carbocycles. The molecule has 1 N–H and O–H groups in total. The molecule has 0 saturated heterocycles. The van der Waals surface area contributed by atoms with Gasteiger partial charge in [-0.15, -0.1) is 16.4 Å². The smallest absolute Gasteiger partial charge is 0.265 e. The van der Waals surface area contributed by atoms with E-state index in [-0.39, 0.29) is 5.91 Å². The molecule has 2 heterocycles. The van der Waals surface area contributed by atoms with Crippen LogP contribution in [0.15, 0.2) is 60.9 Å². The van der Waals surface area contributed by atoms with Crippen molar-refractivity contribution < 1.29 is 4.79 Å². The number of carbonyl (C=O) groups is 1. The highest BCUT2D eigenvalue weighted by Gasteiger charge is 2.10. The average molecular weight is 321 g/mol. The number of nitrogens with zero attached hydrogens (tertiary/aromatic N) is 4. The van der Waals surface area contributed by atoms with E-state index in [1.165, 1.54) is 17.7 Å². The first-order valence-electron chi connectivity index (χ1n) is 6.93. The number of thiophene rings is 1. The summed E-state index contributed by atoms with van der Waals surface area (Å²) in [5, 5.41) is 15.0. The van der Waals surface area contributed by atoms with Crippen LogP contribution >= 0.6 is 11.3 Å². The van der Waals surface area contributed by atoms with Gasteiger partial charge in [-0.1, -0.05) is 18.2 Å². The van der Waals surface area contributed by atoms with Crippen LogP contribution in [0, 0.1) is 0 Å². The number of hydrogen-bond donors (Lipinski definition) is 1. The van der Waals surface area contributed by atoms with Crippen LogP contribution in [0.1, 0.15) is 9.67 Å². The molecule has 4 rings (SSSR count). The monoisotopic (exact) mass is 321 g/mol. The fraction of sp³-hybridized carbons (Fsp3) is 0. The number of carbonyl (C=O) groups excluding carboxylic acids is 1. The van der Waals surface area contributed by atoms with Gasteiger partial charge in [0.1, 0.15) is 6.33 Å². The molecule has 0 saturated carbocycles. The maximum Gasteiger partial charge on any atom is 0.265 e. The van der Waals surface area contributed by atoms with Crippen LogP contribution in [-0.2, 0) is 0 Å². The molecule has 2 aromatic heterocycles. The highest BCUT2D eigenvalue weighted by atomic mass is 32.1. The third-order valence-corrected chi connectivity index (χ3v) is 4.50. The molecule has 0 atom stereocenters. The highest BCUT2D eigenvalue weighted by Crippen LogP contribution is 2.26. The molecular formula is C16H11N5OS. The van der Waals surface area contributed by atoms with Crippen LogP contribution in [0.2, 0.25) is 0 Å². The lowest BCUT2D eigenvalue weighted by molar-refractivity contribution is 0.103. The zero-order chi connectivity index (χ0) is 15.6. The van der Waals surface area contributed by atoms with Gasteiger partial charge in [0.05, 0.1) is 10.6 Å². The lowest BCUT2D eigenvalue weighted by Crippen LogP contribution is -2.10. The van der Waals surface area contributed by atoms with Gasteiger partial charge in [-0.2, -0.15) is 0 Å². The van der Waals surface area contributed by atoms with Crippen molar-refractivity contribution in [3.63, 3.8) is 0 Å². The Morgan fingerprint density at radius 1 is 1.09 bits per heavy atom. The fourth-order valence-electron chi connectivity index (χ4n) is 2.26. The van der Waals surface area contributed by atoms with Crippen LogP contribution in [0.5, 0.6) is 0 Å². The van der Waals surface area contributed by atoms with E-state index in [1.807, 2.05) is 54.6 Å². The SMILES string of the molecule is O=C(Nc1ccc(-n2cnnn2)cc1)c1cc2ccccc2s1. The number of rotatable bonds is 3. The third-order valence-electron chi connectivity index (χ3n) is 3.39. The lowest BCUT2D eigenvalue weighted by Gasteiger charge is -2.04. The average Bonchev–Trinajstić information content (AvgIpc) is 3.25. The molecule has 0 spiro atoms. The molecular weight excluding hydrogens is 310 g/mol. The summed E-state index contributed by atoms with van der Waals surface area (Å²) in [5.41, 5.74) is 1.55. The molecule has 6 nitrogen and oxygen atoms in total. The van der Waals surface area contributed by atoms with Crippen LogP contribution in [0.25, 0.3) is 15.8 Å². The standard InChI is InChI=1S/C16H11N5OS/c22-16(15-9-11-3-1-2-4-14(11)23-15)18-12-5-7-13(8-6-12)21-10-17-19-20-21/h1-10H,(H,18,22). The normalized spacial score (nSPS) is 10.8. The molecule has 112 valence electrons. The maximum absolute atomic E-state index is 12.4. The molecule has 0 fully saturated rings. The summed E-state index contributed by atoms with van der Waals surface area (Å²) < 4.78 is 2.66. The van der Waals surface area contributed by atoms with E-state index in [9.17, 15) is 4.79 Å². The van der Waals surface area contributed by atoms with Gasteiger partial charge in [0.2, 0.25) is 0 Å². The van der Waals surface area contributed by atoms with Crippen molar-refractivity contribution in [3.05, 3.63) is 65.8 Å². The van der Waals surface area contributed by atoms with Gasteiger partial charge < -0.3 is 5.32 Å². The van der Waals surface area contributed by atoms with E-state index < -0.39 is 0 Å². The van der Waals surface area contributed by atoms with Crippen LogP contribution in [0.3, 0.4) is 0 Å². The molecule has 23 heavy (non-hydrogen) atoms. The van der Waals surface area contributed by atoms with E-state index in [0.29, 0.717) is 4.88 Å². The quantitative estimate of drug-likeness (QED) is 0.629. The van der Waals surface area contributed by atoms with Gasteiger partial charge in [-0.25, -0.2) is 4.68 Å². The number of nitrogens with one attached hydrogen (secondary N) is 1. The van der Waals surface area contributed by atoms with Crippen molar-refractivity contribution in [2.75, 3.05) is 5.32 Å². The van der Waals surface area contributed by atoms with Crippen molar-refractivity contribution in [1.29, 1.82) is 0 Å². The Labute approximate surface area is 135 Å². The Hall–Kier alpha value is -3.06. The Morgan fingerprint density at radius 2 is 1.91 bits per heavy atom. The highest BCUT2D eigenvalue weighted by molar-refractivity contribution is 7.20. The summed E-state index contributed by atoms with van der Waals surface area (Å²) in [7, 11) is 0. The molecule has 1 amide bonds. The number of tetrazole rings is 1. The van der Waals surface area contributed by atoms with E-state index in [0.717, 1.165) is 21.5 Å². The molecule has 0 unspecified atom stereocenters. The molecule has 0 aliphatic carbocycles. The van der Waals surface area contributed by atoms with Gasteiger partial charge in [-0.05, 0) is 52.2 Å². The number of hydrogen-bond acceptors (Lipinski definition) is 5. The van der Waals surface area contributed by atoms with Gasteiger partial charge >= 0.3 is 0 Å². The third kappa shape index (κ3) is 2.69. The van der Waals surface area contributed by atoms with E-state index in [2.05, 4.69) is 20.8 Å².